The number of aldehydes is 1. The summed E-state index contributed by atoms with van der Waals surface area (Å²) in [5, 5.41) is 16.7. The minimum absolute atomic E-state index is 0.0202. The molecule has 7 rings (SSSR count). The summed E-state index contributed by atoms with van der Waals surface area (Å²) >= 11 is 0. The van der Waals surface area contributed by atoms with E-state index < -0.39 is 11.7 Å². The van der Waals surface area contributed by atoms with Crippen LogP contribution in [0.1, 0.15) is 49.9 Å². The number of carbonyl (C=O) groups excluding carboxylic acids is 2. The van der Waals surface area contributed by atoms with E-state index in [1.54, 1.807) is 29.0 Å². The van der Waals surface area contributed by atoms with Crippen LogP contribution in [-0.2, 0) is 12.6 Å². The van der Waals surface area contributed by atoms with E-state index in [0.29, 0.717) is 47.4 Å². The number of amides is 1. The SMILES string of the molecule is Nc1ncccc1-c1nc2ccc(-n3cc(C(F)(F)F)cn3)nc2n1-c1ccc2c(c1)CCC2NC(=O)c1ccc(O)c(C=O)c1. The summed E-state index contributed by atoms with van der Waals surface area (Å²) in [7, 11) is 0. The molecule has 1 atom stereocenters. The van der Waals surface area contributed by atoms with E-state index in [1.165, 1.54) is 24.3 Å². The van der Waals surface area contributed by atoms with E-state index in [2.05, 4.69) is 20.4 Å². The van der Waals surface area contributed by atoms with Crippen molar-refractivity contribution in [2.45, 2.75) is 25.1 Å². The summed E-state index contributed by atoms with van der Waals surface area (Å²) in [4.78, 5) is 37.9. The zero-order valence-electron chi connectivity index (χ0n) is 23.7. The lowest BCUT2D eigenvalue weighted by molar-refractivity contribution is -0.137. The highest BCUT2D eigenvalue weighted by molar-refractivity contribution is 5.96. The van der Waals surface area contributed by atoms with Gasteiger partial charge in [-0.05, 0) is 78.6 Å². The van der Waals surface area contributed by atoms with Gasteiger partial charge < -0.3 is 16.2 Å². The van der Waals surface area contributed by atoms with E-state index in [4.69, 9.17) is 10.7 Å². The molecule has 0 radical (unpaired) electrons. The first kappa shape index (κ1) is 28.7. The Morgan fingerprint density at radius 1 is 1.09 bits per heavy atom. The number of phenols is 1. The van der Waals surface area contributed by atoms with Crippen molar-refractivity contribution in [3.8, 4) is 28.6 Å². The average Bonchev–Trinajstić information content (AvgIpc) is 3.78. The zero-order valence-corrected chi connectivity index (χ0v) is 23.7. The number of nitrogens with zero attached hydrogens (tertiary/aromatic N) is 6. The van der Waals surface area contributed by atoms with Gasteiger partial charge in [0.2, 0.25) is 0 Å². The van der Waals surface area contributed by atoms with E-state index >= 15 is 0 Å². The molecule has 2 aromatic carbocycles. The molecule has 0 saturated carbocycles. The highest BCUT2D eigenvalue weighted by Crippen LogP contribution is 2.36. The van der Waals surface area contributed by atoms with Crippen molar-refractivity contribution in [2.24, 2.45) is 0 Å². The van der Waals surface area contributed by atoms with Crippen molar-refractivity contribution in [3.63, 3.8) is 0 Å². The van der Waals surface area contributed by atoms with Gasteiger partial charge >= 0.3 is 6.18 Å². The Morgan fingerprint density at radius 2 is 1.93 bits per heavy atom. The first-order valence-corrected chi connectivity index (χ1v) is 14.1. The lowest BCUT2D eigenvalue weighted by Gasteiger charge is -2.16. The van der Waals surface area contributed by atoms with E-state index in [1.807, 2.05) is 18.2 Å². The smallest absolute Gasteiger partial charge is 0.419 e. The van der Waals surface area contributed by atoms with Crippen LogP contribution in [0.3, 0.4) is 0 Å². The maximum atomic E-state index is 13.3. The lowest BCUT2D eigenvalue weighted by atomic mass is 10.1. The maximum Gasteiger partial charge on any atom is 0.419 e. The van der Waals surface area contributed by atoms with Crippen LogP contribution in [-0.4, -0.2) is 46.6 Å². The Kier molecular flexibility index (Phi) is 6.76. The van der Waals surface area contributed by atoms with Gasteiger partial charge in [-0.15, -0.1) is 0 Å². The minimum Gasteiger partial charge on any atom is -0.507 e. The average molecular weight is 625 g/mol. The van der Waals surface area contributed by atoms with Gasteiger partial charge in [0.25, 0.3) is 5.91 Å². The summed E-state index contributed by atoms with van der Waals surface area (Å²) in [5.41, 5.74) is 9.51. The fourth-order valence-electron chi connectivity index (χ4n) is 5.63. The van der Waals surface area contributed by atoms with Crippen LogP contribution in [0.25, 0.3) is 34.1 Å². The largest absolute Gasteiger partial charge is 0.507 e. The molecule has 0 aliphatic heterocycles. The Balaban J connectivity index is 1.29. The first-order valence-electron chi connectivity index (χ1n) is 14.1. The molecule has 230 valence electrons. The van der Waals surface area contributed by atoms with Gasteiger partial charge in [-0.3, -0.25) is 14.2 Å². The van der Waals surface area contributed by atoms with Crippen molar-refractivity contribution in [1.29, 1.82) is 0 Å². The molecule has 1 aliphatic carbocycles. The van der Waals surface area contributed by atoms with Crippen molar-refractivity contribution < 1.29 is 27.9 Å². The Labute approximate surface area is 258 Å². The highest BCUT2D eigenvalue weighted by atomic mass is 19.4. The number of phenolic OH excluding ortho intramolecular Hbond substituents is 1. The number of nitrogens with two attached hydrogens (primary N) is 1. The number of imidazole rings is 1. The van der Waals surface area contributed by atoms with Crippen LogP contribution >= 0.6 is 0 Å². The lowest BCUT2D eigenvalue weighted by Crippen LogP contribution is -2.27. The maximum absolute atomic E-state index is 13.3. The third-order valence-corrected chi connectivity index (χ3v) is 7.90. The number of pyridine rings is 2. The van der Waals surface area contributed by atoms with E-state index in [0.717, 1.165) is 28.2 Å². The van der Waals surface area contributed by atoms with Crippen LogP contribution in [0.5, 0.6) is 5.75 Å². The van der Waals surface area contributed by atoms with E-state index in [-0.39, 0.29) is 40.5 Å². The fraction of sp³-hybridized carbons (Fsp3) is 0.125. The van der Waals surface area contributed by atoms with Gasteiger partial charge in [0.15, 0.2) is 23.6 Å². The molecule has 46 heavy (non-hydrogen) atoms. The van der Waals surface area contributed by atoms with Gasteiger partial charge in [0.05, 0.1) is 28.9 Å². The van der Waals surface area contributed by atoms with Crippen LogP contribution in [0.2, 0.25) is 0 Å². The third kappa shape index (κ3) is 4.99. The molecule has 6 aromatic rings. The molecule has 1 aliphatic rings. The molecule has 0 bridgehead atoms. The van der Waals surface area contributed by atoms with Gasteiger partial charge in [-0.1, -0.05) is 6.07 Å². The standard InChI is InChI=1S/C32H23F3N8O3/c33-32(34,35)20-14-38-42(15-20)27-10-8-25-30(41-27)43(29(39-25)23-2-1-11-37-28(23)36)21-5-6-22-17(13-21)3-7-24(22)40-31(46)18-4-9-26(45)19(12-18)16-44/h1-2,4-6,8-16,24,45H,3,7H2,(H2,36,37)(H,40,46). The number of benzene rings is 2. The summed E-state index contributed by atoms with van der Waals surface area (Å²) in [6, 6.07) is 16.1. The number of nitrogen functional groups attached to an aromatic ring is 1. The molecule has 4 N–H and O–H groups in total. The quantitative estimate of drug-likeness (QED) is 0.214. The predicted octanol–water partition coefficient (Wildman–Crippen LogP) is 5.20. The number of rotatable bonds is 6. The number of nitrogens with one attached hydrogen (secondary N) is 1. The number of aryl methyl sites for hydroxylation is 1. The van der Waals surface area contributed by atoms with Crippen LogP contribution in [0.15, 0.2) is 79.3 Å². The first-order chi connectivity index (χ1) is 22.1. The summed E-state index contributed by atoms with van der Waals surface area (Å²) in [6.45, 7) is 0. The van der Waals surface area contributed by atoms with Gasteiger partial charge in [-0.25, -0.2) is 19.6 Å². The number of carbonyl (C=O) groups is 2. The number of alkyl halides is 3. The summed E-state index contributed by atoms with van der Waals surface area (Å²) in [5.74, 6) is 0.233. The topological polar surface area (TPSA) is 154 Å². The molecule has 4 aromatic heterocycles. The van der Waals surface area contributed by atoms with Gasteiger partial charge in [0.1, 0.15) is 17.1 Å². The Bertz CT molecular complexity index is 2170. The number of anilines is 1. The monoisotopic (exact) mass is 624 g/mol. The normalized spacial score (nSPS) is 14.4. The van der Waals surface area contributed by atoms with Crippen molar-refractivity contribution in [1.82, 2.24) is 34.6 Å². The summed E-state index contributed by atoms with van der Waals surface area (Å²) in [6.07, 6.45) is 0.365. The second-order valence-corrected chi connectivity index (χ2v) is 10.7. The predicted molar refractivity (Wildman–Crippen MR) is 161 cm³/mol. The number of hydrogen-bond acceptors (Lipinski definition) is 8. The molecule has 0 saturated heterocycles. The van der Waals surface area contributed by atoms with Crippen LogP contribution in [0.4, 0.5) is 19.0 Å². The molecule has 11 nitrogen and oxygen atoms in total. The number of halogens is 3. The molecule has 0 spiro atoms. The fourth-order valence-corrected chi connectivity index (χ4v) is 5.63. The highest BCUT2D eigenvalue weighted by Gasteiger charge is 2.32. The van der Waals surface area contributed by atoms with E-state index in [9.17, 15) is 27.9 Å². The van der Waals surface area contributed by atoms with Crippen LogP contribution < -0.4 is 11.1 Å². The minimum atomic E-state index is -4.56. The van der Waals surface area contributed by atoms with Gasteiger partial charge in [0, 0.05) is 23.6 Å². The molecule has 14 heteroatoms. The van der Waals surface area contributed by atoms with Crippen molar-refractivity contribution >= 4 is 29.2 Å². The zero-order chi connectivity index (χ0) is 32.2. The van der Waals surface area contributed by atoms with Gasteiger partial charge in [-0.2, -0.15) is 18.3 Å². The number of aromatic nitrogens is 6. The van der Waals surface area contributed by atoms with Crippen molar-refractivity contribution in [2.75, 3.05) is 5.73 Å². The molecule has 0 fully saturated rings. The molecule has 4 heterocycles. The molecular formula is C32H23F3N8O3. The summed E-state index contributed by atoms with van der Waals surface area (Å²) < 4.78 is 42.6. The third-order valence-electron chi connectivity index (χ3n) is 7.90. The molecule has 1 unspecified atom stereocenters. The Hall–Kier alpha value is -6.05. The van der Waals surface area contributed by atoms with Crippen LogP contribution in [0, 0.1) is 0 Å². The number of fused-ring (bicyclic) bond motifs is 2. The number of aromatic hydroxyl groups is 1. The Morgan fingerprint density at radius 3 is 2.70 bits per heavy atom. The number of hydrogen-bond donors (Lipinski definition) is 3. The second-order valence-electron chi connectivity index (χ2n) is 10.7. The second kappa shape index (κ2) is 10.8. The molecule has 1 amide bonds. The van der Waals surface area contributed by atoms with Crippen molar-refractivity contribution in [3.05, 3.63) is 107 Å². The molecular weight excluding hydrogens is 601 g/mol.